The third-order valence-electron chi connectivity index (χ3n) is 5.33. The van der Waals surface area contributed by atoms with Crippen LogP contribution >= 0.6 is 0 Å². The van der Waals surface area contributed by atoms with E-state index in [0.717, 1.165) is 17.8 Å². The second-order valence-electron chi connectivity index (χ2n) is 7.71. The van der Waals surface area contributed by atoms with Gasteiger partial charge in [-0.1, -0.05) is 18.2 Å². The summed E-state index contributed by atoms with van der Waals surface area (Å²) in [6.45, 7) is 2.12. The van der Waals surface area contributed by atoms with E-state index in [1.54, 1.807) is 61.9 Å². The van der Waals surface area contributed by atoms with Crippen molar-refractivity contribution in [3.63, 3.8) is 0 Å². The molecule has 0 amide bonds. The zero-order valence-electron chi connectivity index (χ0n) is 19.6. The van der Waals surface area contributed by atoms with Crippen molar-refractivity contribution in [2.24, 2.45) is 5.73 Å². The molecule has 8 nitrogen and oxygen atoms in total. The SMILES string of the molecule is CCOc1cc(F)c(CNc2ccccc2C(=N)c2ncc(CN)c(Nc3ccncc3)n2)c(F)c1. The van der Waals surface area contributed by atoms with Crippen LogP contribution in [0.25, 0.3) is 0 Å². The number of nitrogens with zero attached hydrogens (tertiary/aromatic N) is 3. The van der Waals surface area contributed by atoms with Gasteiger partial charge in [-0.15, -0.1) is 0 Å². The van der Waals surface area contributed by atoms with E-state index >= 15 is 0 Å². The summed E-state index contributed by atoms with van der Waals surface area (Å²) in [6.07, 6.45) is 4.86. The molecule has 184 valence electrons. The summed E-state index contributed by atoms with van der Waals surface area (Å²) in [7, 11) is 0. The average Bonchev–Trinajstić information content (AvgIpc) is 2.89. The lowest BCUT2D eigenvalue weighted by Crippen LogP contribution is -2.14. The number of nitrogens with one attached hydrogen (secondary N) is 3. The lowest BCUT2D eigenvalue weighted by Gasteiger charge is -2.15. The molecule has 4 aromatic rings. The smallest absolute Gasteiger partial charge is 0.180 e. The molecule has 0 aliphatic heterocycles. The van der Waals surface area contributed by atoms with Crippen LogP contribution in [0.1, 0.15) is 29.4 Å². The van der Waals surface area contributed by atoms with E-state index in [-0.39, 0.29) is 35.9 Å². The third-order valence-corrected chi connectivity index (χ3v) is 5.33. The minimum absolute atomic E-state index is 0.0343. The average molecular weight is 490 g/mol. The van der Waals surface area contributed by atoms with Gasteiger partial charge in [-0.3, -0.25) is 10.4 Å². The summed E-state index contributed by atoms with van der Waals surface area (Å²) in [5.41, 5.74) is 8.16. The van der Waals surface area contributed by atoms with Gasteiger partial charge >= 0.3 is 0 Å². The number of benzene rings is 2. The van der Waals surface area contributed by atoms with Gasteiger partial charge in [-0.2, -0.15) is 0 Å². The molecule has 0 aliphatic rings. The normalized spacial score (nSPS) is 10.7. The van der Waals surface area contributed by atoms with E-state index in [4.69, 9.17) is 15.9 Å². The number of para-hydroxylation sites is 1. The highest BCUT2D eigenvalue weighted by atomic mass is 19.1. The molecule has 2 heterocycles. The van der Waals surface area contributed by atoms with Gasteiger partial charge in [-0.05, 0) is 25.1 Å². The Kier molecular flexibility index (Phi) is 7.76. The molecule has 0 spiro atoms. The lowest BCUT2D eigenvalue weighted by molar-refractivity contribution is 0.335. The van der Waals surface area contributed by atoms with Crippen LogP contribution in [-0.4, -0.2) is 27.3 Å². The van der Waals surface area contributed by atoms with E-state index in [2.05, 4.69) is 25.6 Å². The number of hydrogen-bond acceptors (Lipinski definition) is 8. The second-order valence-corrected chi connectivity index (χ2v) is 7.71. The van der Waals surface area contributed by atoms with Crippen LogP contribution in [0.5, 0.6) is 5.75 Å². The fourth-order valence-electron chi connectivity index (χ4n) is 3.51. The standard InChI is InChI=1S/C26H25F2N7O/c1-2-36-18-11-21(27)20(22(28)12-18)15-32-23-6-4-3-5-19(23)24(30)26-33-14-16(13-29)25(35-26)34-17-7-9-31-10-8-17/h3-12,14,30,32H,2,13,15,29H2,1H3,(H,31,33,34,35). The number of rotatable bonds is 10. The molecule has 0 fully saturated rings. The first kappa shape index (κ1) is 24.7. The van der Waals surface area contributed by atoms with Crippen molar-refractivity contribution in [1.82, 2.24) is 15.0 Å². The molecule has 0 saturated heterocycles. The maximum absolute atomic E-state index is 14.5. The molecule has 36 heavy (non-hydrogen) atoms. The summed E-state index contributed by atoms with van der Waals surface area (Å²) in [6, 6.07) is 12.8. The molecule has 0 saturated carbocycles. The highest BCUT2D eigenvalue weighted by Crippen LogP contribution is 2.25. The summed E-state index contributed by atoms with van der Waals surface area (Å²) in [5, 5.41) is 15.0. The van der Waals surface area contributed by atoms with Gasteiger partial charge in [0.05, 0.1) is 6.61 Å². The third kappa shape index (κ3) is 5.61. The van der Waals surface area contributed by atoms with Crippen molar-refractivity contribution in [2.45, 2.75) is 20.0 Å². The van der Waals surface area contributed by atoms with Crippen molar-refractivity contribution in [2.75, 3.05) is 17.2 Å². The molecular weight excluding hydrogens is 464 g/mol. The van der Waals surface area contributed by atoms with Gasteiger partial charge in [-0.25, -0.2) is 18.7 Å². The van der Waals surface area contributed by atoms with Crippen molar-refractivity contribution in [3.8, 4) is 5.75 Å². The fraction of sp³-hybridized carbons (Fsp3) is 0.154. The van der Waals surface area contributed by atoms with E-state index < -0.39 is 11.6 Å². The molecule has 0 bridgehead atoms. The Morgan fingerprint density at radius 1 is 1.08 bits per heavy atom. The van der Waals surface area contributed by atoms with Crippen LogP contribution in [0.4, 0.5) is 26.0 Å². The minimum Gasteiger partial charge on any atom is -0.494 e. The maximum atomic E-state index is 14.5. The lowest BCUT2D eigenvalue weighted by atomic mass is 10.1. The van der Waals surface area contributed by atoms with Gasteiger partial charge in [0.1, 0.15) is 28.9 Å². The minimum atomic E-state index is -0.717. The molecule has 0 unspecified atom stereocenters. The Balaban J connectivity index is 1.58. The summed E-state index contributed by atoms with van der Waals surface area (Å²) >= 11 is 0. The van der Waals surface area contributed by atoms with Crippen LogP contribution in [0.2, 0.25) is 0 Å². The second kappa shape index (κ2) is 11.3. The zero-order chi connectivity index (χ0) is 25.5. The number of nitrogens with two attached hydrogens (primary N) is 1. The van der Waals surface area contributed by atoms with E-state index in [1.807, 2.05) is 0 Å². The molecule has 0 radical (unpaired) electrons. The van der Waals surface area contributed by atoms with E-state index in [0.29, 0.717) is 29.2 Å². The maximum Gasteiger partial charge on any atom is 0.180 e. The fourth-order valence-corrected chi connectivity index (χ4v) is 3.51. The first-order valence-electron chi connectivity index (χ1n) is 11.3. The number of aromatic nitrogens is 3. The first-order chi connectivity index (χ1) is 17.5. The van der Waals surface area contributed by atoms with Crippen molar-refractivity contribution < 1.29 is 13.5 Å². The highest BCUT2D eigenvalue weighted by molar-refractivity contribution is 6.12. The molecule has 0 atom stereocenters. The number of ether oxygens (including phenoxy) is 1. The molecule has 4 rings (SSSR count). The molecule has 0 aliphatic carbocycles. The predicted octanol–water partition coefficient (Wildman–Crippen LogP) is 4.78. The van der Waals surface area contributed by atoms with Crippen LogP contribution in [0.3, 0.4) is 0 Å². The number of hydrogen-bond donors (Lipinski definition) is 4. The van der Waals surface area contributed by atoms with Gasteiger partial charge in [0, 0.05) is 71.9 Å². The molecule has 10 heteroatoms. The number of pyridine rings is 1. The highest BCUT2D eigenvalue weighted by Gasteiger charge is 2.17. The van der Waals surface area contributed by atoms with E-state index in [1.165, 1.54) is 0 Å². The Labute approximate surface area is 207 Å². The largest absolute Gasteiger partial charge is 0.494 e. The van der Waals surface area contributed by atoms with Gasteiger partial charge in [0.15, 0.2) is 5.82 Å². The van der Waals surface area contributed by atoms with E-state index in [9.17, 15) is 8.78 Å². The number of halogens is 2. The van der Waals surface area contributed by atoms with Gasteiger partial charge < -0.3 is 21.1 Å². The van der Waals surface area contributed by atoms with Crippen LogP contribution in [0, 0.1) is 17.0 Å². The van der Waals surface area contributed by atoms with Crippen LogP contribution in [-0.2, 0) is 13.1 Å². The van der Waals surface area contributed by atoms with Crippen molar-refractivity contribution in [1.29, 1.82) is 5.41 Å². The van der Waals surface area contributed by atoms with Gasteiger partial charge in [0.2, 0.25) is 0 Å². The topological polar surface area (TPSA) is 122 Å². The number of anilines is 3. The summed E-state index contributed by atoms with van der Waals surface area (Å²) < 4.78 is 34.2. The molecule has 2 aromatic heterocycles. The Morgan fingerprint density at radius 2 is 1.81 bits per heavy atom. The Hall–Kier alpha value is -4.44. The van der Waals surface area contributed by atoms with Crippen molar-refractivity contribution >= 4 is 22.9 Å². The summed E-state index contributed by atoms with van der Waals surface area (Å²) in [5.74, 6) is -0.663. The molecule has 2 aromatic carbocycles. The van der Waals surface area contributed by atoms with Crippen molar-refractivity contribution in [3.05, 3.63) is 101 Å². The van der Waals surface area contributed by atoms with Gasteiger partial charge in [0.25, 0.3) is 0 Å². The zero-order valence-corrected chi connectivity index (χ0v) is 19.6. The van der Waals surface area contributed by atoms with Crippen LogP contribution < -0.4 is 21.1 Å². The Bertz CT molecular complexity index is 1340. The predicted molar refractivity (Wildman–Crippen MR) is 135 cm³/mol. The summed E-state index contributed by atoms with van der Waals surface area (Å²) in [4.78, 5) is 12.8. The molecular formula is C26H25F2N7O. The first-order valence-corrected chi connectivity index (χ1v) is 11.3. The van der Waals surface area contributed by atoms with Crippen LogP contribution in [0.15, 0.2) is 67.1 Å². The quantitative estimate of drug-likeness (QED) is 0.237. The monoisotopic (exact) mass is 489 g/mol. The Morgan fingerprint density at radius 3 is 2.50 bits per heavy atom. The molecule has 5 N–H and O–H groups in total.